The first-order valence-electron chi connectivity index (χ1n) is 4.93. The van der Waals surface area contributed by atoms with Crippen molar-refractivity contribution in [2.24, 2.45) is 0 Å². The van der Waals surface area contributed by atoms with Crippen molar-refractivity contribution in [3.05, 3.63) is 42.5 Å². The van der Waals surface area contributed by atoms with Gasteiger partial charge in [-0.25, -0.2) is 9.69 Å². The molecule has 0 bridgehead atoms. The molecule has 0 aliphatic carbocycles. The number of carbonyl (C=O) groups is 2. The highest BCUT2D eigenvalue weighted by atomic mass is 16.4. The molecule has 1 aliphatic rings. The topological polar surface area (TPSA) is 57.6 Å². The van der Waals surface area contributed by atoms with E-state index >= 15 is 0 Å². The molecule has 4 heteroatoms. The molecule has 1 N–H and O–H groups in total. The third kappa shape index (κ3) is 1.39. The molecule has 1 aliphatic heterocycles. The second-order valence-corrected chi connectivity index (χ2v) is 3.59. The van der Waals surface area contributed by atoms with Crippen LogP contribution in [0.3, 0.4) is 0 Å². The molecule has 0 aromatic heterocycles. The van der Waals surface area contributed by atoms with Crippen LogP contribution in [0.1, 0.15) is 17.9 Å². The average Bonchev–Trinajstić information content (AvgIpc) is 2.53. The molecular weight excluding hydrogens is 206 g/mol. The first-order chi connectivity index (χ1) is 7.66. The zero-order valence-corrected chi connectivity index (χ0v) is 8.59. The van der Waals surface area contributed by atoms with Crippen LogP contribution in [0.4, 0.5) is 10.5 Å². The van der Waals surface area contributed by atoms with Gasteiger partial charge in [0.15, 0.2) is 0 Å². The van der Waals surface area contributed by atoms with Crippen molar-refractivity contribution in [2.45, 2.75) is 12.3 Å². The van der Waals surface area contributed by atoms with Gasteiger partial charge in [-0.05, 0) is 18.1 Å². The standard InChI is InChI=1S/C12H11NO3/c1-2-5-9-8-6-3-4-7-10(8)13(11(9)14)12(15)16/h2-4,6-7,9H,1,5H2,(H,15,16). The lowest BCUT2D eigenvalue weighted by atomic mass is 9.97. The van der Waals surface area contributed by atoms with E-state index in [0.29, 0.717) is 12.1 Å². The smallest absolute Gasteiger partial charge is 0.418 e. The second kappa shape index (κ2) is 3.81. The van der Waals surface area contributed by atoms with E-state index in [9.17, 15) is 9.59 Å². The number of benzene rings is 1. The molecule has 0 saturated carbocycles. The Bertz CT molecular complexity index is 467. The fraction of sp³-hybridized carbons (Fsp3) is 0.167. The highest BCUT2D eigenvalue weighted by Crippen LogP contribution is 2.38. The van der Waals surface area contributed by atoms with E-state index in [0.717, 1.165) is 10.5 Å². The summed E-state index contributed by atoms with van der Waals surface area (Å²) in [6.07, 6.45) is 0.855. The Balaban J connectivity index is 2.52. The largest absolute Gasteiger partial charge is 0.464 e. The minimum Gasteiger partial charge on any atom is -0.464 e. The lowest BCUT2D eigenvalue weighted by molar-refractivity contribution is -0.118. The molecular formula is C12H11NO3. The van der Waals surface area contributed by atoms with E-state index in [1.165, 1.54) is 0 Å². The van der Waals surface area contributed by atoms with Crippen molar-refractivity contribution in [1.29, 1.82) is 0 Å². The number of carbonyl (C=O) groups excluding carboxylic acids is 1. The van der Waals surface area contributed by atoms with Crippen molar-refractivity contribution in [3.63, 3.8) is 0 Å². The Morgan fingerprint density at radius 3 is 2.81 bits per heavy atom. The molecule has 16 heavy (non-hydrogen) atoms. The summed E-state index contributed by atoms with van der Waals surface area (Å²) in [6.45, 7) is 3.58. The third-order valence-corrected chi connectivity index (χ3v) is 2.67. The number of hydrogen-bond acceptors (Lipinski definition) is 2. The molecule has 0 fully saturated rings. The monoisotopic (exact) mass is 217 g/mol. The molecule has 0 saturated heterocycles. The maximum Gasteiger partial charge on any atom is 0.418 e. The van der Waals surface area contributed by atoms with Crippen LogP contribution in [0.2, 0.25) is 0 Å². The van der Waals surface area contributed by atoms with Crippen LogP contribution in [-0.2, 0) is 4.79 Å². The van der Waals surface area contributed by atoms with Crippen molar-refractivity contribution in [1.82, 2.24) is 0 Å². The predicted molar refractivity (Wildman–Crippen MR) is 59.5 cm³/mol. The van der Waals surface area contributed by atoms with Crippen LogP contribution in [0, 0.1) is 0 Å². The Kier molecular flexibility index (Phi) is 2.48. The summed E-state index contributed by atoms with van der Waals surface area (Å²) in [5.74, 6) is -0.807. The van der Waals surface area contributed by atoms with Crippen LogP contribution in [0.15, 0.2) is 36.9 Å². The Hall–Kier alpha value is -2.10. The maximum absolute atomic E-state index is 11.9. The Morgan fingerprint density at radius 2 is 2.19 bits per heavy atom. The van der Waals surface area contributed by atoms with Crippen LogP contribution in [-0.4, -0.2) is 17.1 Å². The van der Waals surface area contributed by atoms with Gasteiger partial charge >= 0.3 is 6.09 Å². The first-order valence-corrected chi connectivity index (χ1v) is 4.93. The normalized spacial score (nSPS) is 18.4. The van der Waals surface area contributed by atoms with Gasteiger partial charge in [-0.1, -0.05) is 24.3 Å². The minimum absolute atomic E-state index is 0.395. The van der Waals surface area contributed by atoms with Crippen molar-refractivity contribution < 1.29 is 14.7 Å². The van der Waals surface area contributed by atoms with Gasteiger partial charge < -0.3 is 5.11 Å². The fourth-order valence-electron chi connectivity index (χ4n) is 1.99. The van der Waals surface area contributed by atoms with Gasteiger partial charge in [0.25, 0.3) is 0 Å². The van der Waals surface area contributed by atoms with Crippen molar-refractivity contribution >= 4 is 17.7 Å². The number of amides is 2. The van der Waals surface area contributed by atoms with Gasteiger partial charge in [-0.3, -0.25) is 4.79 Å². The Labute approximate surface area is 92.8 Å². The van der Waals surface area contributed by atoms with Crippen LogP contribution < -0.4 is 4.90 Å². The highest BCUT2D eigenvalue weighted by molar-refractivity contribution is 6.18. The molecule has 82 valence electrons. The van der Waals surface area contributed by atoms with Gasteiger partial charge in [0, 0.05) is 0 Å². The number of carboxylic acid groups (broad SMARTS) is 1. The van der Waals surface area contributed by atoms with Crippen LogP contribution in [0.25, 0.3) is 0 Å². The quantitative estimate of drug-likeness (QED) is 0.773. The number of rotatable bonds is 2. The van der Waals surface area contributed by atoms with Crippen LogP contribution >= 0.6 is 0 Å². The predicted octanol–water partition coefficient (Wildman–Crippen LogP) is 2.37. The van der Waals surface area contributed by atoms with Gasteiger partial charge in [-0.15, -0.1) is 6.58 Å². The summed E-state index contributed by atoms with van der Waals surface area (Å²) in [4.78, 5) is 23.7. The molecule has 0 radical (unpaired) electrons. The van der Waals surface area contributed by atoms with E-state index in [1.54, 1.807) is 30.3 Å². The molecule has 1 atom stereocenters. The van der Waals surface area contributed by atoms with Gasteiger partial charge in [0.05, 0.1) is 11.6 Å². The number of fused-ring (bicyclic) bond motifs is 1. The van der Waals surface area contributed by atoms with E-state index in [4.69, 9.17) is 5.11 Å². The third-order valence-electron chi connectivity index (χ3n) is 2.67. The molecule has 2 amide bonds. The molecule has 1 unspecified atom stereocenters. The summed E-state index contributed by atoms with van der Waals surface area (Å²) >= 11 is 0. The summed E-state index contributed by atoms with van der Waals surface area (Å²) in [6, 6.07) is 6.95. The second-order valence-electron chi connectivity index (χ2n) is 3.59. The van der Waals surface area contributed by atoms with Gasteiger partial charge in [0.2, 0.25) is 5.91 Å². The highest BCUT2D eigenvalue weighted by Gasteiger charge is 2.39. The average molecular weight is 217 g/mol. The molecule has 0 spiro atoms. The molecule has 4 nitrogen and oxygen atoms in total. The lowest BCUT2D eigenvalue weighted by Crippen LogP contribution is -2.33. The lowest BCUT2D eigenvalue weighted by Gasteiger charge is -2.10. The van der Waals surface area contributed by atoms with Gasteiger partial charge in [0.1, 0.15) is 0 Å². The summed E-state index contributed by atoms with van der Waals surface area (Å²) in [5, 5.41) is 9.00. The molecule has 1 aromatic carbocycles. The molecule has 1 heterocycles. The van der Waals surface area contributed by atoms with Crippen molar-refractivity contribution in [3.8, 4) is 0 Å². The number of hydrogen-bond donors (Lipinski definition) is 1. The van der Waals surface area contributed by atoms with E-state index in [-0.39, 0.29) is 0 Å². The molecule has 1 aromatic rings. The zero-order valence-electron chi connectivity index (χ0n) is 8.59. The van der Waals surface area contributed by atoms with E-state index < -0.39 is 17.9 Å². The van der Waals surface area contributed by atoms with Crippen LogP contribution in [0.5, 0.6) is 0 Å². The van der Waals surface area contributed by atoms with E-state index in [2.05, 4.69) is 6.58 Å². The first kappa shape index (κ1) is 10.4. The molecule has 2 rings (SSSR count). The Morgan fingerprint density at radius 1 is 1.50 bits per heavy atom. The van der Waals surface area contributed by atoms with E-state index in [1.807, 2.05) is 0 Å². The summed E-state index contributed by atoms with van der Waals surface area (Å²) in [5.41, 5.74) is 1.22. The number of para-hydroxylation sites is 1. The number of nitrogens with zero attached hydrogens (tertiary/aromatic N) is 1. The van der Waals surface area contributed by atoms with Gasteiger partial charge in [-0.2, -0.15) is 0 Å². The maximum atomic E-state index is 11.9. The summed E-state index contributed by atoms with van der Waals surface area (Å²) in [7, 11) is 0. The fourth-order valence-corrected chi connectivity index (χ4v) is 1.99. The number of allylic oxidation sites excluding steroid dienone is 1. The SMILES string of the molecule is C=CCC1C(=O)N(C(=O)O)c2ccccc21. The summed E-state index contributed by atoms with van der Waals surface area (Å²) < 4.78 is 0. The van der Waals surface area contributed by atoms with Crippen molar-refractivity contribution in [2.75, 3.05) is 4.90 Å². The number of anilines is 1. The number of imide groups is 1. The zero-order chi connectivity index (χ0) is 11.7. The minimum atomic E-state index is -1.23.